The van der Waals surface area contributed by atoms with Crippen LogP contribution in [0.25, 0.3) is 0 Å². The molecule has 0 aliphatic rings. The molecule has 8 heteroatoms. The van der Waals surface area contributed by atoms with E-state index in [9.17, 15) is 18.0 Å². The number of nitrogens with one attached hydrogen (secondary N) is 1. The maximum atomic E-state index is 12.5. The van der Waals surface area contributed by atoms with Crippen LogP contribution in [-0.4, -0.2) is 17.8 Å². The van der Waals surface area contributed by atoms with E-state index in [1.54, 1.807) is 54.0 Å². The number of hydrazone groups is 1. The van der Waals surface area contributed by atoms with E-state index in [0.717, 1.165) is 5.56 Å². The Morgan fingerprint density at radius 3 is 2.03 bits per heavy atom. The zero-order valence-corrected chi connectivity index (χ0v) is 16.2. The molecule has 0 aromatic heterocycles. The molecule has 0 spiro atoms. The number of ether oxygens (including phenoxy) is 1. The van der Waals surface area contributed by atoms with Gasteiger partial charge in [0.05, 0.1) is 5.71 Å². The van der Waals surface area contributed by atoms with Gasteiger partial charge in [0.1, 0.15) is 12.4 Å². The number of alkyl halides is 3. The van der Waals surface area contributed by atoms with Crippen molar-refractivity contribution in [2.24, 2.45) is 5.10 Å². The molecule has 0 aliphatic carbocycles. The standard InChI is InChI=1S/C22H16ClF3N2O2/c23-18-10-6-16(7-11-18)20(27-28-21(29)22(24,25)26)17-8-12-19(13-9-17)30-14-15-4-2-1-3-5-15/h1-13H,14H2,(H,28,29)/b27-20+. The van der Waals surface area contributed by atoms with Crippen molar-refractivity contribution in [3.63, 3.8) is 0 Å². The second-order valence-electron chi connectivity index (χ2n) is 6.20. The lowest BCUT2D eigenvalue weighted by atomic mass is 10.0. The van der Waals surface area contributed by atoms with Gasteiger partial charge in [0, 0.05) is 16.1 Å². The molecule has 1 amide bonds. The highest BCUT2D eigenvalue weighted by atomic mass is 35.5. The third kappa shape index (κ3) is 5.84. The first-order valence-electron chi connectivity index (χ1n) is 8.81. The van der Waals surface area contributed by atoms with Gasteiger partial charge in [0.15, 0.2) is 0 Å². The number of halogens is 4. The van der Waals surface area contributed by atoms with Gasteiger partial charge < -0.3 is 4.74 Å². The minimum absolute atomic E-state index is 0.152. The normalized spacial score (nSPS) is 11.8. The van der Waals surface area contributed by atoms with Gasteiger partial charge in [-0.2, -0.15) is 18.3 Å². The van der Waals surface area contributed by atoms with Crippen LogP contribution in [-0.2, 0) is 11.4 Å². The average Bonchev–Trinajstić information content (AvgIpc) is 2.74. The highest BCUT2D eigenvalue weighted by molar-refractivity contribution is 6.30. The molecule has 4 nitrogen and oxygen atoms in total. The summed E-state index contributed by atoms with van der Waals surface area (Å²) in [6.45, 7) is 0.375. The smallest absolute Gasteiger partial charge is 0.473 e. The predicted molar refractivity (Wildman–Crippen MR) is 109 cm³/mol. The lowest BCUT2D eigenvalue weighted by Crippen LogP contribution is -2.34. The summed E-state index contributed by atoms with van der Waals surface area (Å²) < 4.78 is 43.3. The van der Waals surface area contributed by atoms with Gasteiger partial charge >= 0.3 is 12.1 Å². The summed E-state index contributed by atoms with van der Waals surface area (Å²) in [5, 5.41) is 4.16. The first-order chi connectivity index (χ1) is 14.3. The fraction of sp³-hybridized carbons (Fsp3) is 0.0909. The Bertz CT molecular complexity index is 1020. The van der Waals surface area contributed by atoms with Gasteiger partial charge in [0.2, 0.25) is 0 Å². The summed E-state index contributed by atoms with van der Waals surface area (Å²) in [6.07, 6.45) is -5.04. The third-order valence-electron chi connectivity index (χ3n) is 4.02. The molecule has 3 rings (SSSR count). The van der Waals surface area contributed by atoms with E-state index in [-0.39, 0.29) is 5.71 Å². The molecule has 0 atom stereocenters. The van der Waals surface area contributed by atoms with Crippen molar-refractivity contribution in [3.05, 3.63) is 101 Å². The van der Waals surface area contributed by atoms with Gasteiger partial charge in [-0.15, -0.1) is 0 Å². The molecule has 3 aromatic carbocycles. The number of carbonyl (C=O) groups excluding carboxylic acids is 1. The van der Waals surface area contributed by atoms with E-state index in [0.29, 0.717) is 28.5 Å². The molecule has 154 valence electrons. The minimum atomic E-state index is -5.04. The van der Waals surface area contributed by atoms with Crippen molar-refractivity contribution < 1.29 is 22.7 Å². The Morgan fingerprint density at radius 1 is 0.900 bits per heavy atom. The average molecular weight is 433 g/mol. The minimum Gasteiger partial charge on any atom is -0.489 e. The quantitative estimate of drug-likeness (QED) is 0.421. The van der Waals surface area contributed by atoms with Gasteiger partial charge in [-0.25, -0.2) is 5.43 Å². The molecule has 0 saturated heterocycles. The Kier molecular flexibility index (Phi) is 6.74. The van der Waals surface area contributed by atoms with Crippen molar-refractivity contribution in [2.45, 2.75) is 12.8 Å². The number of carbonyl (C=O) groups is 1. The van der Waals surface area contributed by atoms with Crippen molar-refractivity contribution in [3.8, 4) is 5.75 Å². The van der Waals surface area contributed by atoms with Crippen LogP contribution in [0.15, 0.2) is 84.0 Å². The van der Waals surface area contributed by atoms with Crippen LogP contribution in [0.4, 0.5) is 13.2 Å². The van der Waals surface area contributed by atoms with Crippen LogP contribution in [0.2, 0.25) is 5.02 Å². The molecule has 0 saturated carbocycles. The molecule has 0 aliphatic heterocycles. The number of hydrogen-bond acceptors (Lipinski definition) is 3. The molecule has 3 aromatic rings. The number of hydrogen-bond donors (Lipinski definition) is 1. The number of rotatable bonds is 6. The molecule has 0 radical (unpaired) electrons. The summed E-state index contributed by atoms with van der Waals surface area (Å²) in [6, 6.07) is 22.6. The molecular formula is C22H16ClF3N2O2. The summed E-state index contributed by atoms with van der Waals surface area (Å²) >= 11 is 5.88. The Balaban J connectivity index is 1.82. The molecule has 1 N–H and O–H groups in total. The first-order valence-corrected chi connectivity index (χ1v) is 9.19. The molecule has 0 fully saturated rings. The molecule has 0 bridgehead atoms. The SMILES string of the molecule is O=C(N/N=C(\c1ccc(Cl)cc1)c1ccc(OCc2ccccc2)cc1)C(F)(F)F. The highest BCUT2D eigenvalue weighted by Crippen LogP contribution is 2.19. The van der Waals surface area contributed by atoms with Crippen molar-refractivity contribution in [1.82, 2.24) is 5.43 Å². The zero-order valence-electron chi connectivity index (χ0n) is 15.5. The fourth-order valence-corrected chi connectivity index (χ4v) is 2.65. The largest absolute Gasteiger partial charge is 0.489 e. The monoisotopic (exact) mass is 432 g/mol. The maximum absolute atomic E-state index is 12.5. The van der Waals surface area contributed by atoms with Gasteiger partial charge in [-0.05, 0) is 42.0 Å². The van der Waals surface area contributed by atoms with E-state index >= 15 is 0 Å². The van der Waals surface area contributed by atoms with Crippen LogP contribution in [0, 0.1) is 0 Å². The van der Waals surface area contributed by atoms with E-state index < -0.39 is 12.1 Å². The van der Waals surface area contributed by atoms with E-state index in [2.05, 4.69) is 5.10 Å². The summed E-state index contributed by atoms with van der Waals surface area (Å²) in [7, 11) is 0. The van der Waals surface area contributed by atoms with Crippen LogP contribution in [0.5, 0.6) is 5.75 Å². The highest BCUT2D eigenvalue weighted by Gasteiger charge is 2.38. The number of benzene rings is 3. The van der Waals surface area contributed by atoms with Crippen LogP contribution < -0.4 is 10.2 Å². The van der Waals surface area contributed by atoms with Crippen molar-refractivity contribution >= 4 is 23.2 Å². The van der Waals surface area contributed by atoms with Gasteiger partial charge in [-0.1, -0.05) is 54.1 Å². The van der Waals surface area contributed by atoms with E-state index in [1.807, 2.05) is 30.3 Å². The first kappa shape index (κ1) is 21.4. The predicted octanol–water partition coefficient (Wildman–Crippen LogP) is 5.35. The summed E-state index contributed by atoms with van der Waals surface area (Å²) in [5.41, 5.74) is 3.69. The van der Waals surface area contributed by atoms with E-state index in [1.165, 1.54) is 0 Å². The fourth-order valence-electron chi connectivity index (χ4n) is 2.52. The lowest BCUT2D eigenvalue weighted by molar-refractivity contribution is -0.173. The van der Waals surface area contributed by atoms with E-state index in [4.69, 9.17) is 16.3 Å². The zero-order chi connectivity index (χ0) is 21.6. The van der Waals surface area contributed by atoms with Crippen molar-refractivity contribution in [1.29, 1.82) is 0 Å². The lowest BCUT2D eigenvalue weighted by Gasteiger charge is -2.11. The summed E-state index contributed by atoms with van der Waals surface area (Å²) in [4.78, 5) is 11.2. The second kappa shape index (κ2) is 9.45. The Labute approximate surface area is 175 Å². The second-order valence-corrected chi connectivity index (χ2v) is 6.64. The summed E-state index contributed by atoms with van der Waals surface area (Å²) in [5.74, 6) is -1.57. The van der Waals surface area contributed by atoms with Crippen LogP contribution in [0.3, 0.4) is 0 Å². The van der Waals surface area contributed by atoms with Gasteiger partial charge in [0.25, 0.3) is 0 Å². The molecule has 30 heavy (non-hydrogen) atoms. The molecular weight excluding hydrogens is 417 g/mol. The van der Waals surface area contributed by atoms with Crippen molar-refractivity contribution in [2.75, 3.05) is 0 Å². The topological polar surface area (TPSA) is 50.7 Å². The Hall–Kier alpha value is -3.32. The van der Waals surface area contributed by atoms with Gasteiger partial charge in [-0.3, -0.25) is 4.79 Å². The molecule has 0 unspecified atom stereocenters. The Morgan fingerprint density at radius 2 is 1.47 bits per heavy atom. The number of nitrogens with zero attached hydrogens (tertiary/aromatic N) is 1. The molecule has 0 heterocycles. The van der Waals surface area contributed by atoms with Crippen LogP contribution >= 0.6 is 11.6 Å². The maximum Gasteiger partial charge on any atom is 0.473 e. The number of amides is 1. The third-order valence-corrected chi connectivity index (χ3v) is 4.27. The van der Waals surface area contributed by atoms with Crippen LogP contribution in [0.1, 0.15) is 16.7 Å².